The van der Waals surface area contributed by atoms with E-state index in [1.54, 1.807) is 0 Å². The Labute approximate surface area is 156 Å². The number of urea groups is 1. The summed E-state index contributed by atoms with van der Waals surface area (Å²) < 4.78 is 4.51. The van der Waals surface area contributed by atoms with Crippen molar-refractivity contribution in [2.45, 2.75) is 18.8 Å². The Bertz CT molecular complexity index is 858. The molecule has 2 amide bonds. The van der Waals surface area contributed by atoms with E-state index in [1.807, 2.05) is 65.6 Å². The van der Waals surface area contributed by atoms with E-state index in [0.29, 0.717) is 5.92 Å². The number of anilines is 1. The number of amides is 2. The largest absolute Gasteiger partial charge is 0.324 e. The molecule has 1 aliphatic rings. The van der Waals surface area contributed by atoms with Gasteiger partial charge in [0.15, 0.2) is 5.82 Å². The van der Waals surface area contributed by atoms with Crippen LogP contribution in [0.1, 0.15) is 23.8 Å². The molecule has 0 atom stereocenters. The molecule has 1 aromatic heterocycles. The van der Waals surface area contributed by atoms with Crippen molar-refractivity contribution in [1.29, 1.82) is 0 Å². The molecule has 6 heteroatoms. The number of benzene rings is 2. The van der Waals surface area contributed by atoms with E-state index in [2.05, 4.69) is 9.69 Å². The van der Waals surface area contributed by atoms with E-state index >= 15 is 0 Å². The van der Waals surface area contributed by atoms with Gasteiger partial charge in [0, 0.05) is 30.3 Å². The van der Waals surface area contributed by atoms with Gasteiger partial charge < -0.3 is 10.2 Å². The molecule has 0 spiro atoms. The second-order valence-electron chi connectivity index (χ2n) is 6.38. The van der Waals surface area contributed by atoms with Crippen LogP contribution in [-0.4, -0.2) is 33.4 Å². The second kappa shape index (κ2) is 7.66. The van der Waals surface area contributed by atoms with Crippen molar-refractivity contribution in [3.8, 4) is 11.4 Å². The van der Waals surface area contributed by atoms with Crippen molar-refractivity contribution >= 4 is 23.3 Å². The van der Waals surface area contributed by atoms with Crippen molar-refractivity contribution < 1.29 is 4.79 Å². The maximum absolute atomic E-state index is 12.4. The topological polar surface area (TPSA) is 58.1 Å². The van der Waals surface area contributed by atoms with E-state index in [0.717, 1.165) is 48.0 Å². The minimum Gasteiger partial charge on any atom is -0.324 e. The average molecular weight is 364 g/mol. The summed E-state index contributed by atoms with van der Waals surface area (Å²) in [6.07, 6.45) is 1.84. The highest BCUT2D eigenvalue weighted by atomic mass is 32.1. The Hall–Kier alpha value is -2.73. The first-order valence-corrected chi connectivity index (χ1v) is 9.57. The van der Waals surface area contributed by atoms with Gasteiger partial charge in [0.25, 0.3) is 0 Å². The third-order valence-electron chi connectivity index (χ3n) is 4.63. The molecule has 1 fully saturated rings. The van der Waals surface area contributed by atoms with Gasteiger partial charge in [-0.25, -0.2) is 9.78 Å². The predicted octanol–water partition coefficient (Wildman–Crippen LogP) is 4.62. The Morgan fingerprint density at radius 2 is 1.65 bits per heavy atom. The molecule has 5 nitrogen and oxygen atoms in total. The zero-order chi connectivity index (χ0) is 17.8. The molecule has 2 aromatic carbocycles. The van der Waals surface area contributed by atoms with Crippen LogP contribution in [0.3, 0.4) is 0 Å². The summed E-state index contributed by atoms with van der Waals surface area (Å²) in [5, 5.41) is 4.03. The summed E-state index contributed by atoms with van der Waals surface area (Å²) in [4.78, 5) is 19.0. The van der Waals surface area contributed by atoms with Gasteiger partial charge >= 0.3 is 6.03 Å². The number of hydrogen-bond donors (Lipinski definition) is 1. The fourth-order valence-corrected chi connectivity index (χ4v) is 4.00. The predicted molar refractivity (Wildman–Crippen MR) is 104 cm³/mol. The Balaban J connectivity index is 1.35. The number of hydrogen-bond acceptors (Lipinski definition) is 4. The van der Waals surface area contributed by atoms with Crippen LogP contribution in [0.2, 0.25) is 0 Å². The van der Waals surface area contributed by atoms with Crippen LogP contribution >= 0.6 is 11.5 Å². The molecule has 1 aliphatic heterocycles. The number of piperidine rings is 1. The summed E-state index contributed by atoms with van der Waals surface area (Å²) in [6, 6.07) is 19.6. The quantitative estimate of drug-likeness (QED) is 0.738. The first kappa shape index (κ1) is 16.7. The molecule has 3 aromatic rings. The van der Waals surface area contributed by atoms with Crippen LogP contribution in [0.4, 0.5) is 10.5 Å². The highest BCUT2D eigenvalue weighted by molar-refractivity contribution is 7.05. The van der Waals surface area contributed by atoms with Gasteiger partial charge in [-0.15, -0.1) is 0 Å². The van der Waals surface area contributed by atoms with Crippen LogP contribution in [0.25, 0.3) is 11.4 Å². The third kappa shape index (κ3) is 3.75. The van der Waals surface area contributed by atoms with Gasteiger partial charge in [-0.2, -0.15) is 4.37 Å². The fraction of sp³-hybridized carbons (Fsp3) is 0.250. The van der Waals surface area contributed by atoms with E-state index in [4.69, 9.17) is 4.98 Å². The average Bonchev–Trinajstić information content (AvgIpc) is 3.20. The number of para-hydroxylation sites is 1. The first-order valence-electron chi connectivity index (χ1n) is 8.79. The molecule has 4 rings (SSSR count). The first-order chi connectivity index (χ1) is 12.8. The van der Waals surface area contributed by atoms with E-state index < -0.39 is 0 Å². The summed E-state index contributed by atoms with van der Waals surface area (Å²) in [6.45, 7) is 1.48. The maximum atomic E-state index is 12.4. The van der Waals surface area contributed by atoms with Gasteiger partial charge in [0.1, 0.15) is 5.01 Å². The van der Waals surface area contributed by atoms with Gasteiger partial charge in [0.2, 0.25) is 0 Å². The monoisotopic (exact) mass is 364 g/mol. The number of carbonyl (C=O) groups excluding carboxylic acids is 1. The minimum absolute atomic E-state index is 0.0307. The number of rotatable bonds is 3. The molecular formula is C20H20N4OS. The zero-order valence-corrected chi connectivity index (χ0v) is 15.2. The summed E-state index contributed by atoms with van der Waals surface area (Å²) >= 11 is 1.48. The number of nitrogens with one attached hydrogen (secondary N) is 1. The molecule has 26 heavy (non-hydrogen) atoms. The van der Waals surface area contributed by atoms with Crippen molar-refractivity contribution in [2.24, 2.45) is 0 Å². The van der Waals surface area contributed by atoms with Crippen LogP contribution in [-0.2, 0) is 0 Å². The molecule has 1 saturated heterocycles. The van der Waals surface area contributed by atoms with Gasteiger partial charge in [-0.3, -0.25) is 0 Å². The highest BCUT2D eigenvalue weighted by Crippen LogP contribution is 2.31. The van der Waals surface area contributed by atoms with Crippen LogP contribution in [0.15, 0.2) is 60.7 Å². The van der Waals surface area contributed by atoms with Crippen molar-refractivity contribution in [2.75, 3.05) is 18.4 Å². The Morgan fingerprint density at radius 1 is 1.00 bits per heavy atom. The van der Waals surface area contributed by atoms with Crippen LogP contribution in [0.5, 0.6) is 0 Å². The van der Waals surface area contributed by atoms with Crippen molar-refractivity contribution in [1.82, 2.24) is 14.3 Å². The normalized spacial score (nSPS) is 15.0. The standard InChI is InChI=1S/C20H20N4OS/c25-20(21-17-9-5-2-6-10-17)24-13-11-16(12-14-24)19-22-18(23-26-19)15-7-3-1-4-8-15/h1-10,16H,11-14H2,(H,21,25). The lowest BCUT2D eigenvalue weighted by molar-refractivity contribution is 0.194. The lowest BCUT2D eigenvalue weighted by Gasteiger charge is -2.31. The number of aromatic nitrogens is 2. The van der Waals surface area contributed by atoms with E-state index in [1.165, 1.54) is 11.5 Å². The van der Waals surface area contributed by atoms with Gasteiger partial charge in [-0.1, -0.05) is 48.5 Å². The van der Waals surface area contributed by atoms with Crippen LogP contribution < -0.4 is 5.32 Å². The molecule has 0 aliphatic carbocycles. The number of carbonyl (C=O) groups is 1. The number of nitrogens with zero attached hydrogens (tertiary/aromatic N) is 3. The second-order valence-corrected chi connectivity index (χ2v) is 7.16. The number of likely N-dealkylation sites (tertiary alicyclic amines) is 1. The zero-order valence-electron chi connectivity index (χ0n) is 14.3. The van der Waals surface area contributed by atoms with E-state index in [9.17, 15) is 4.79 Å². The molecular weight excluding hydrogens is 344 g/mol. The molecule has 1 N–H and O–H groups in total. The summed E-state index contributed by atoms with van der Waals surface area (Å²) in [5.74, 6) is 1.18. The molecule has 0 saturated carbocycles. The lowest BCUT2D eigenvalue weighted by atomic mass is 9.98. The Morgan fingerprint density at radius 3 is 2.35 bits per heavy atom. The lowest BCUT2D eigenvalue weighted by Crippen LogP contribution is -2.40. The highest BCUT2D eigenvalue weighted by Gasteiger charge is 2.26. The SMILES string of the molecule is O=C(Nc1ccccc1)N1CCC(c2nc(-c3ccccc3)ns2)CC1. The maximum Gasteiger partial charge on any atom is 0.321 e. The van der Waals surface area contributed by atoms with Crippen molar-refractivity contribution in [3.63, 3.8) is 0 Å². The molecule has 132 valence electrons. The van der Waals surface area contributed by atoms with Crippen LogP contribution in [0, 0.1) is 0 Å². The summed E-state index contributed by atoms with van der Waals surface area (Å²) in [7, 11) is 0. The molecule has 0 unspecified atom stereocenters. The minimum atomic E-state index is -0.0307. The fourth-order valence-electron chi connectivity index (χ4n) is 3.16. The smallest absolute Gasteiger partial charge is 0.321 e. The van der Waals surface area contributed by atoms with E-state index in [-0.39, 0.29) is 6.03 Å². The molecule has 0 radical (unpaired) electrons. The molecule has 0 bridgehead atoms. The van der Waals surface area contributed by atoms with Crippen molar-refractivity contribution in [3.05, 3.63) is 65.7 Å². The molecule has 2 heterocycles. The Kier molecular flexibility index (Phi) is 4.93. The van der Waals surface area contributed by atoms with Gasteiger partial charge in [-0.05, 0) is 36.5 Å². The van der Waals surface area contributed by atoms with Gasteiger partial charge in [0.05, 0.1) is 0 Å². The third-order valence-corrected chi connectivity index (χ3v) is 5.51. The summed E-state index contributed by atoms with van der Waals surface area (Å²) in [5.41, 5.74) is 1.88.